The Morgan fingerprint density at radius 2 is 0.792 bits per heavy atom. The summed E-state index contributed by atoms with van der Waals surface area (Å²) in [6.45, 7) is 24.4. The summed E-state index contributed by atoms with van der Waals surface area (Å²) in [5.74, 6) is 3.12. The van der Waals surface area contributed by atoms with Gasteiger partial charge in [0.2, 0.25) is 6.54 Å². The molecule has 22 heteroatoms. The summed E-state index contributed by atoms with van der Waals surface area (Å²) in [7, 11) is 10.7. The van der Waals surface area contributed by atoms with Crippen molar-refractivity contribution in [2.24, 2.45) is 4.30 Å². The van der Waals surface area contributed by atoms with Crippen LogP contribution < -0.4 is 48.5 Å². The smallest absolute Gasteiger partial charge is 0.512 e. The molecule has 0 spiro atoms. The summed E-state index contributed by atoms with van der Waals surface area (Å²) in [4.78, 5) is 3.26. The number of thiol groups is 1. The zero-order valence-electron chi connectivity index (χ0n) is 44.4. The van der Waals surface area contributed by atoms with Crippen LogP contribution in [-0.2, 0) is 11.9 Å². The van der Waals surface area contributed by atoms with Crippen LogP contribution in [0.3, 0.4) is 0 Å². The normalized spacial score (nSPS) is 8.13. The van der Waals surface area contributed by atoms with Crippen molar-refractivity contribution in [3.05, 3.63) is 191 Å². The SMILES string of the molecule is C.CC#N.CC#N.CCO.COc1cc(C)ccc1Cl.COc1cc(C)ccc1Cl.COc1cc(CBr)ccc1Cl.Cc1ccc(Cl)c(O)c1.Cc1ccc(Cl)c(O)c1.[B]=NS.[C-]#N.[C-]#[N+]Cc1ccc(Cl)c(OC)c1.[Na+]. The summed E-state index contributed by atoms with van der Waals surface area (Å²) in [6, 6.07) is 36.2. The maximum Gasteiger partial charge on any atom is 1.00 e. The van der Waals surface area contributed by atoms with E-state index >= 15 is 0 Å². The minimum absolute atomic E-state index is 0. The number of hydrogen-bond acceptors (Lipinski definition) is 12. The first-order valence-corrected chi connectivity index (χ1v) is 24.9. The molecule has 0 aromatic heterocycles. The largest absolute Gasteiger partial charge is 1.00 e. The van der Waals surface area contributed by atoms with Gasteiger partial charge < -0.3 is 50.9 Å². The fraction of sp³-hybridized carbons (Fsp3) is 0.273. The minimum atomic E-state index is 0. The van der Waals surface area contributed by atoms with Crippen molar-refractivity contribution in [1.82, 2.24) is 0 Å². The van der Waals surface area contributed by atoms with Gasteiger partial charge in [-0.25, -0.2) is 6.57 Å². The van der Waals surface area contributed by atoms with E-state index < -0.39 is 0 Å². The Kier molecular flexibility index (Phi) is 64.7. The number of aliphatic hydroxyl groups is 1. The molecular weight excluding hydrogens is 1200 g/mol. The maximum absolute atomic E-state index is 8.97. The zero-order chi connectivity index (χ0) is 58.9. The number of aliphatic hydroxyl groups excluding tert-OH is 1. The number of ether oxygens (including phenoxy) is 4. The maximum atomic E-state index is 8.97. The zero-order valence-corrected chi connectivity index (χ0v) is 53.4. The summed E-state index contributed by atoms with van der Waals surface area (Å²) < 4.78 is 22.7. The monoisotopic (exact) mass is 1260 g/mol. The van der Waals surface area contributed by atoms with Gasteiger partial charge in [0.05, 0.1) is 70.7 Å². The Hall–Kier alpha value is -4.53. The third-order valence-corrected chi connectivity index (χ3v) is 10.2. The molecule has 0 atom stereocenters. The summed E-state index contributed by atoms with van der Waals surface area (Å²) in [5, 5.41) is 50.6. The average molecular weight is 1270 g/mol. The number of aromatic hydroxyl groups is 2. The van der Waals surface area contributed by atoms with Gasteiger partial charge in [-0.05, 0) is 141 Å². The molecule has 411 valence electrons. The van der Waals surface area contributed by atoms with Crippen LogP contribution in [-0.4, -0.2) is 58.0 Å². The van der Waals surface area contributed by atoms with E-state index in [1.165, 1.54) is 13.8 Å². The van der Waals surface area contributed by atoms with Gasteiger partial charge in [0.1, 0.15) is 34.5 Å². The van der Waals surface area contributed by atoms with E-state index in [0.29, 0.717) is 42.4 Å². The Labute approximate surface area is 525 Å². The quantitative estimate of drug-likeness (QED) is 0.0541. The standard InChI is InChI=1S/C9H8ClNO.C8H8BrClO.2C8H9ClO.2C7H7ClO.2C2H3N.C2H6O.CN.CH4.BHNS.Na/c1-11-6-7-3-4-8(10)9(5-7)12-2;1-11-8-4-6(5-9)2-3-7(8)10;2*1-6-3-4-7(9)8(5-6)10-2;2*1-5-2-3-6(8)7(9)4-5;3*1-2-3;1-2;;1-2-3;/h3-5H,6H2,2H3;2-4H,5H2,1H3;2*3-5H,1-2H3;2*2-4,9H,1H3;2*1H3;3H,2H2,1H3;;1H4;3H;/q;;;;;;;;;-1;;;+1. The Morgan fingerprint density at radius 3 is 1.01 bits per heavy atom. The number of hydrogen-bond donors (Lipinski definition) is 4. The third kappa shape index (κ3) is 46.1. The summed E-state index contributed by atoms with van der Waals surface area (Å²) in [5.41, 5.74) is 6.41. The number of aryl methyl sites for hydroxylation is 4. The first-order valence-electron chi connectivity index (χ1n) is 21.1. The second kappa shape index (κ2) is 57.6. The molecule has 6 aromatic carbocycles. The van der Waals surface area contributed by atoms with E-state index in [9.17, 15) is 0 Å². The van der Waals surface area contributed by atoms with Crippen LogP contribution in [0.2, 0.25) is 30.1 Å². The van der Waals surface area contributed by atoms with Gasteiger partial charge >= 0.3 is 54.3 Å². The van der Waals surface area contributed by atoms with Crippen molar-refractivity contribution in [2.45, 2.75) is 67.8 Å². The van der Waals surface area contributed by atoms with E-state index in [2.05, 4.69) is 45.5 Å². The van der Waals surface area contributed by atoms with Crippen molar-refractivity contribution in [2.75, 3.05) is 35.0 Å². The molecule has 0 unspecified atom stereocenters. The Bertz CT molecular complexity index is 2550. The summed E-state index contributed by atoms with van der Waals surface area (Å²) >= 11 is 40.7. The van der Waals surface area contributed by atoms with Gasteiger partial charge in [0, 0.05) is 31.3 Å². The van der Waals surface area contributed by atoms with Crippen LogP contribution in [0.4, 0.5) is 0 Å². The fourth-order valence-corrected chi connectivity index (χ4v) is 5.82. The van der Waals surface area contributed by atoms with Crippen molar-refractivity contribution < 1.29 is 63.8 Å². The molecule has 0 aliphatic rings. The molecule has 12 nitrogen and oxygen atoms in total. The fourth-order valence-electron chi connectivity index (χ4n) is 4.46. The third-order valence-electron chi connectivity index (χ3n) is 7.66. The van der Waals surface area contributed by atoms with Crippen molar-refractivity contribution in [1.29, 1.82) is 15.8 Å². The number of halogens is 7. The van der Waals surface area contributed by atoms with E-state index in [4.69, 9.17) is 133 Å². The predicted molar refractivity (Wildman–Crippen MR) is 324 cm³/mol. The van der Waals surface area contributed by atoms with E-state index in [-0.39, 0.29) is 55.1 Å². The predicted octanol–water partition coefficient (Wildman–Crippen LogP) is 15.0. The van der Waals surface area contributed by atoms with Crippen molar-refractivity contribution >= 4 is 106 Å². The van der Waals surface area contributed by atoms with Crippen LogP contribution in [0.25, 0.3) is 4.85 Å². The molecule has 0 aliphatic carbocycles. The van der Waals surface area contributed by atoms with Crippen LogP contribution >= 0.6 is 98.4 Å². The van der Waals surface area contributed by atoms with E-state index in [1.54, 1.807) is 83.9 Å². The van der Waals surface area contributed by atoms with Gasteiger partial charge in [-0.2, -0.15) is 10.5 Å². The summed E-state index contributed by atoms with van der Waals surface area (Å²) in [6.07, 6.45) is 0. The first kappa shape index (κ1) is 86.4. The number of methoxy groups -OCH3 is 4. The topological polar surface area (TPSA) is 186 Å². The first-order chi connectivity index (χ1) is 35.6. The number of phenols is 2. The molecule has 77 heavy (non-hydrogen) atoms. The van der Waals surface area contributed by atoms with E-state index in [1.807, 2.05) is 100 Å². The number of benzene rings is 6. The Balaban J connectivity index is -0.000000145. The van der Waals surface area contributed by atoms with Gasteiger partial charge in [-0.3, -0.25) is 0 Å². The van der Waals surface area contributed by atoms with E-state index in [0.717, 1.165) is 56.0 Å². The molecule has 0 heterocycles. The molecule has 0 fully saturated rings. The van der Waals surface area contributed by atoms with Crippen LogP contribution in [0, 0.1) is 68.8 Å². The van der Waals surface area contributed by atoms with Crippen LogP contribution in [0.15, 0.2) is 113 Å². The number of alkyl halides is 1. The van der Waals surface area contributed by atoms with Gasteiger partial charge in [-0.1, -0.05) is 123 Å². The van der Waals surface area contributed by atoms with Gasteiger partial charge in [0.15, 0.2) is 0 Å². The Morgan fingerprint density at radius 1 is 0.571 bits per heavy atom. The average Bonchev–Trinajstić information content (AvgIpc) is 3.39. The van der Waals surface area contributed by atoms with Crippen LogP contribution in [0.5, 0.6) is 34.5 Å². The van der Waals surface area contributed by atoms with Crippen LogP contribution in [0.1, 0.15) is 61.6 Å². The molecular formula is C55H65BBrCl6N5NaO7S. The number of rotatable bonds is 6. The number of nitriles is 2. The molecule has 0 saturated heterocycles. The minimum Gasteiger partial charge on any atom is -0.512 e. The number of nitrogens with zero attached hydrogens (tertiary/aromatic N) is 5. The van der Waals surface area contributed by atoms with Gasteiger partial charge in [-0.15, -0.1) is 0 Å². The molecule has 0 saturated carbocycles. The molecule has 3 N–H and O–H groups in total. The molecule has 0 amide bonds. The van der Waals surface area contributed by atoms with Gasteiger partial charge in [0.25, 0.3) is 0 Å². The number of phenolic OH excluding ortho intramolecular Hbond substituents is 2. The second-order valence-corrected chi connectivity index (χ2v) is 16.7. The second-order valence-electron chi connectivity index (χ2n) is 13.5. The molecule has 6 rings (SSSR count). The molecule has 1 radical (unpaired) electrons. The van der Waals surface area contributed by atoms with Crippen molar-refractivity contribution in [3.63, 3.8) is 0 Å². The molecule has 0 bridgehead atoms. The molecule has 0 aliphatic heterocycles. The molecule has 6 aromatic rings. The van der Waals surface area contributed by atoms with Crippen molar-refractivity contribution in [3.8, 4) is 46.6 Å².